The minimum atomic E-state index is -0.337. The smallest absolute Gasteiger partial charge is 0.410 e. The van der Waals surface area contributed by atoms with Gasteiger partial charge in [-0.1, -0.05) is 12.7 Å². The number of rotatable bonds is 4. The molecular weight excluding hydrogens is 252 g/mol. The van der Waals surface area contributed by atoms with Crippen molar-refractivity contribution >= 4 is 24.6 Å². The molecule has 3 unspecified atom stereocenters. The van der Waals surface area contributed by atoms with Crippen LogP contribution in [0.3, 0.4) is 0 Å². The number of likely N-dealkylation sites (tertiary alicyclic amines) is 1. The highest BCUT2D eigenvalue weighted by Gasteiger charge is 2.39. The van der Waals surface area contributed by atoms with E-state index < -0.39 is 0 Å². The monoisotopic (exact) mass is 270 g/mol. The van der Waals surface area contributed by atoms with Gasteiger partial charge in [0.15, 0.2) is 0 Å². The summed E-state index contributed by atoms with van der Waals surface area (Å²) in [5, 5.41) is 2.88. The second-order valence-corrected chi connectivity index (χ2v) is 5.47. The number of β-lactam (4-membered cyclic amide) rings is 1. The average molecular weight is 270 g/mol. The van der Waals surface area contributed by atoms with Crippen molar-refractivity contribution in [3.63, 3.8) is 0 Å². The molecule has 2 heterocycles. The van der Waals surface area contributed by atoms with Gasteiger partial charge in [-0.05, 0) is 12.8 Å². The van der Waals surface area contributed by atoms with E-state index in [0.29, 0.717) is 19.5 Å². The minimum absolute atomic E-state index is 0.0309. The predicted octanol–water partition coefficient (Wildman–Crippen LogP) is 0.818. The van der Waals surface area contributed by atoms with E-state index >= 15 is 0 Å². The van der Waals surface area contributed by atoms with Gasteiger partial charge in [-0.15, -0.1) is 0 Å². The van der Waals surface area contributed by atoms with Crippen LogP contribution in [0.25, 0.3) is 0 Å². The molecule has 0 saturated carbocycles. The lowest BCUT2D eigenvalue weighted by atomic mass is 9.92. The Morgan fingerprint density at radius 2 is 2.44 bits per heavy atom. The van der Waals surface area contributed by atoms with E-state index in [0.717, 1.165) is 6.42 Å². The lowest BCUT2D eigenvalue weighted by Gasteiger charge is -2.31. The van der Waals surface area contributed by atoms with Gasteiger partial charge in [0.05, 0.1) is 5.92 Å². The van der Waals surface area contributed by atoms with Crippen molar-refractivity contribution in [2.75, 3.05) is 19.7 Å². The zero-order valence-electron chi connectivity index (χ0n) is 10.2. The van der Waals surface area contributed by atoms with Gasteiger partial charge in [-0.2, -0.15) is 12.6 Å². The van der Waals surface area contributed by atoms with Crippen LogP contribution in [0.5, 0.6) is 0 Å². The van der Waals surface area contributed by atoms with E-state index in [1.54, 1.807) is 11.0 Å². The van der Waals surface area contributed by atoms with Gasteiger partial charge in [-0.3, -0.25) is 4.79 Å². The lowest BCUT2D eigenvalue weighted by molar-refractivity contribution is -0.131. The molecule has 2 aliphatic heterocycles. The third kappa shape index (κ3) is 2.80. The Hall–Kier alpha value is -1.17. The number of hydrogen-bond donors (Lipinski definition) is 2. The summed E-state index contributed by atoms with van der Waals surface area (Å²) in [5.74, 6) is 0.111. The fraction of sp³-hybridized carbons (Fsp3) is 0.667. The maximum Gasteiger partial charge on any atom is 0.410 e. The molecule has 2 saturated heterocycles. The van der Waals surface area contributed by atoms with Crippen LogP contribution >= 0.6 is 12.6 Å². The molecule has 0 bridgehead atoms. The Labute approximate surface area is 112 Å². The SMILES string of the molecule is C=CCOC(=O)N1CC(S)CC1CC1CNC1=O. The van der Waals surface area contributed by atoms with E-state index in [-0.39, 0.29) is 35.8 Å². The van der Waals surface area contributed by atoms with Crippen LogP contribution in [0, 0.1) is 5.92 Å². The van der Waals surface area contributed by atoms with Gasteiger partial charge in [-0.25, -0.2) is 4.79 Å². The van der Waals surface area contributed by atoms with E-state index in [9.17, 15) is 9.59 Å². The van der Waals surface area contributed by atoms with Crippen LogP contribution < -0.4 is 5.32 Å². The molecule has 2 amide bonds. The molecule has 0 spiro atoms. The van der Waals surface area contributed by atoms with Gasteiger partial charge >= 0.3 is 6.09 Å². The first-order valence-corrected chi connectivity index (χ1v) is 6.63. The summed E-state index contributed by atoms with van der Waals surface area (Å²) in [4.78, 5) is 24.8. The molecule has 6 heteroatoms. The van der Waals surface area contributed by atoms with E-state index in [1.165, 1.54) is 0 Å². The number of carbonyl (C=O) groups is 2. The third-order valence-electron chi connectivity index (χ3n) is 3.40. The fourth-order valence-corrected chi connectivity index (χ4v) is 2.82. The van der Waals surface area contributed by atoms with Crippen LogP contribution in [0.2, 0.25) is 0 Å². The number of thiol groups is 1. The zero-order chi connectivity index (χ0) is 13.1. The Morgan fingerprint density at radius 1 is 1.67 bits per heavy atom. The number of ether oxygens (including phenoxy) is 1. The maximum atomic E-state index is 11.9. The summed E-state index contributed by atoms with van der Waals surface area (Å²) in [6, 6.07) is 0.0564. The van der Waals surface area contributed by atoms with Gasteiger partial charge < -0.3 is 15.0 Å². The minimum Gasteiger partial charge on any atom is -0.445 e. The Bertz CT molecular complexity index is 361. The molecule has 0 aromatic heterocycles. The van der Waals surface area contributed by atoms with Gasteiger partial charge in [0.1, 0.15) is 6.61 Å². The molecule has 100 valence electrons. The second kappa shape index (κ2) is 5.65. The Morgan fingerprint density at radius 3 is 3.00 bits per heavy atom. The van der Waals surface area contributed by atoms with E-state index in [4.69, 9.17) is 4.74 Å². The summed E-state index contributed by atoms with van der Waals surface area (Å²) in [5.41, 5.74) is 0. The van der Waals surface area contributed by atoms with Crippen LogP contribution in [0.15, 0.2) is 12.7 Å². The summed E-state index contributed by atoms with van der Waals surface area (Å²) in [6.07, 6.45) is 2.72. The molecule has 5 nitrogen and oxygen atoms in total. The average Bonchev–Trinajstić information content (AvgIpc) is 2.72. The van der Waals surface area contributed by atoms with E-state index in [1.807, 2.05) is 0 Å². The molecule has 0 aromatic rings. The van der Waals surface area contributed by atoms with E-state index in [2.05, 4.69) is 24.5 Å². The number of nitrogens with one attached hydrogen (secondary N) is 1. The van der Waals surface area contributed by atoms with Gasteiger partial charge in [0.2, 0.25) is 5.91 Å². The maximum absolute atomic E-state index is 11.9. The molecule has 18 heavy (non-hydrogen) atoms. The van der Waals surface area contributed by atoms with Crippen molar-refractivity contribution in [3.8, 4) is 0 Å². The topological polar surface area (TPSA) is 58.6 Å². The molecule has 0 aromatic carbocycles. The van der Waals surface area contributed by atoms with Gasteiger partial charge in [0, 0.05) is 24.4 Å². The molecule has 2 fully saturated rings. The highest BCUT2D eigenvalue weighted by molar-refractivity contribution is 7.81. The van der Waals surface area contributed by atoms with Crippen molar-refractivity contribution in [1.82, 2.24) is 10.2 Å². The number of nitrogens with zero attached hydrogens (tertiary/aromatic N) is 1. The number of hydrogen-bond acceptors (Lipinski definition) is 4. The summed E-state index contributed by atoms with van der Waals surface area (Å²) in [7, 11) is 0. The first-order valence-electron chi connectivity index (χ1n) is 6.12. The molecule has 3 atom stereocenters. The predicted molar refractivity (Wildman–Crippen MR) is 70.5 cm³/mol. The quantitative estimate of drug-likeness (QED) is 0.452. The Kier molecular flexibility index (Phi) is 4.16. The molecule has 2 aliphatic rings. The van der Waals surface area contributed by atoms with Gasteiger partial charge in [0.25, 0.3) is 0 Å². The van der Waals surface area contributed by atoms with Crippen molar-refractivity contribution < 1.29 is 14.3 Å². The lowest BCUT2D eigenvalue weighted by Crippen LogP contribution is -2.51. The molecule has 0 radical (unpaired) electrons. The highest BCUT2D eigenvalue weighted by Crippen LogP contribution is 2.28. The standard InChI is InChI=1S/C12H18N2O3S/c1-2-3-17-12(16)14-7-10(18)5-9(14)4-8-6-13-11(8)15/h2,8-10,18H,1,3-7H2,(H,13,15). The largest absolute Gasteiger partial charge is 0.445 e. The molecule has 0 aliphatic carbocycles. The summed E-state index contributed by atoms with van der Waals surface area (Å²) >= 11 is 4.42. The highest BCUT2D eigenvalue weighted by atomic mass is 32.1. The normalized spacial score (nSPS) is 30.6. The number of amides is 2. The van der Waals surface area contributed by atoms with Crippen LogP contribution in [-0.4, -0.2) is 47.9 Å². The van der Waals surface area contributed by atoms with Crippen molar-refractivity contribution in [3.05, 3.63) is 12.7 Å². The third-order valence-corrected chi connectivity index (χ3v) is 3.78. The van der Waals surface area contributed by atoms with Crippen LogP contribution in [-0.2, 0) is 9.53 Å². The zero-order valence-corrected chi connectivity index (χ0v) is 11.1. The second-order valence-electron chi connectivity index (χ2n) is 4.74. The fourth-order valence-electron chi connectivity index (χ4n) is 2.40. The van der Waals surface area contributed by atoms with Crippen LogP contribution in [0.1, 0.15) is 12.8 Å². The number of carbonyl (C=O) groups excluding carboxylic acids is 2. The molecule has 1 N–H and O–H groups in total. The summed E-state index contributed by atoms with van der Waals surface area (Å²) in [6.45, 7) is 5.01. The van der Waals surface area contributed by atoms with Crippen molar-refractivity contribution in [2.45, 2.75) is 24.1 Å². The van der Waals surface area contributed by atoms with Crippen molar-refractivity contribution in [2.24, 2.45) is 5.92 Å². The molecular formula is C12H18N2O3S. The Balaban J connectivity index is 1.91. The summed E-state index contributed by atoms with van der Waals surface area (Å²) < 4.78 is 5.05. The van der Waals surface area contributed by atoms with Crippen LogP contribution in [0.4, 0.5) is 4.79 Å². The first-order chi connectivity index (χ1) is 8.61. The van der Waals surface area contributed by atoms with Crippen molar-refractivity contribution in [1.29, 1.82) is 0 Å². The first kappa shape index (κ1) is 13.3. The molecule has 2 rings (SSSR count).